The van der Waals surface area contributed by atoms with Crippen molar-refractivity contribution in [2.24, 2.45) is 0 Å². The first-order chi connectivity index (χ1) is 7.93. The van der Waals surface area contributed by atoms with Crippen LogP contribution in [0, 0.1) is 0 Å². The SMILES string of the molecule is CC1C(=O)NC(C)(C)C(=O)N1C1CCOCC1. The van der Waals surface area contributed by atoms with Gasteiger partial charge in [-0.05, 0) is 33.6 Å². The summed E-state index contributed by atoms with van der Waals surface area (Å²) in [6, 6.07) is -0.241. The van der Waals surface area contributed by atoms with E-state index in [1.54, 1.807) is 25.7 Å². The molecule has 2 aliphatic heterocycles. The molecule has 5 heteroatoms. The summed E-state index contributed by atoms with van der Waals surface area (Å²) in [6.45, 7) is 6.64. The Morgan fingerprint density at radius 1 is 1.29 bits per heavy atom. The molecule has 1 atom stereocenters. The van der Waals surface area contributed by atoms with Crippen molar-refractivity contribution in [2.75, 3.05) is 13.2 Å². The monoisotopic (exact) mass is 240 g/mol. The molecule has 0 radical (unpaired) electrons. The number of hydrogen-bond donors (Lipinski definition) is 1. The average molecular weight is 240 g/mol. The Hall–Kier alpha value is -1.10. The Kier molecular flexibility index (Phi) is 3.12. The van der Waals surface area contributed by atoms with E-state index in [9.17, 15) is 9.59 Å². The number of amides is 2. The molecule has 1 unspecified atom stereocenters. The minimum absolute atomic E-state index is 0.0106. The summed E-state index contributed by atoms with van der Waals surface area (Å²) in [4.78, 5) is 26.0. The van der Waals surface area contributed by atoms with Crippen LogP contribution in [0.25, 0.3) is 0 Å². The van der Waals surface area contributed by atoms with Crippen LogP contribution in [0.15, 0.2) is 0 Å². The number of nitrogens with one attached hydrogen (secondary N) is 1. The standard InChI is InChI=1S/C12H20N2O3/c1-8-10(15)13-12(2,3)11(16)14(8)9-4-6-17-7-5-9/h8-9H,4-7H2,1-3H3,(H,13,15). The smallest absolute Gasteiger partial charge is 0.248 e. The third kappa shape index (κ3) is 2.16. The topological polar surface area (TPSA) is 58.6 Å². The van der Waals surface area contributed by atoms with Gasteiger partial charge >= 0.3 is 0 Å². The molecule has 0 bridgehead atoms. The van der Waals surface area contributed by atoms with Gasteiger partial charge in [0.15, 0.2) is 0 Å². The molecule has 96 valence electrons. The quantitative estimate of drug-likeness (QED) is 0.716. The molecule has 0 saturated carbocycles. The second-order valence-corrected chi connectivity index (χ2v) is 5.35. The fourth-order valence-corrected chi connectivity index (χ4v) is 2.54. The molecule has 0 aromatic heterocycles. The van der Waals surface area contributed by atoms with Crippen molar-refractivity contribution in [3.8, 4) is 0 Å². The highest BCUT2D eigenvalue weighted by Gasteiger charge is 2.46. The zero-order chi connectivity index (χ0) is 12.6. The number of hydrogen-bond acceptors (Lipinski definition) is 3. The van der Waals surface area contributed by atoms with Gasteiger partial charge in [-0.2, -0.15) is 0 Å². The van der Waals surface area contributed by atoms with Crippen LogP contribution < -0.4 is 5.32 Å². The van der Waals surface area contributed by atoms with Crippen molar-refractivity contribution in [3.05, 3.63) is 0 Å². The molecule has 5 nitrogen and oxygen atoms in total. The fraction of sp³-hybridized carbons (Fsp3) is 0.833. The summed E-state index contributed by atoms with van der Waals surface area (Å²) in [5.74, 6) is -0.0578. The van der Waals surface area contributed by atoms with Gasteiger partial charge in [-0.25, -0.2) is 0 Å². The van der Waals surface area contributed by atoms with E-state index in [2.05, 4.69) is 5.32 Å². The third-order valence-corrected chi connectivity index (χ3v) is 3.59. The minimum Gasteiger partial charge on any atom is -0.381 e. The maximum Gasteiger partial charge on any atom is 0.248 e. The van der Waals surface area contributed by atoms with Crippen LogP contribution >= 0.6 is 0 Å². The van der Waals surface area contributed by atoms with E-state index in [0.717, 1.165) is 12.8 Å². The highest BCUT2D eigenvalue weighted by Crippen LogP contribution is 2.24. The summed E-state index contributed by atoms with van der Waals surface area (Å²) in [7, 11) is 0. The Morgan fingerprint density at radius 3 is 2.47 bits per heavy atom. The van der Waals surface area contributed by atoms with Crippen molar-refractivity contribution in [3.63, 3.8) is 0 Å². The highest BCUT2D eigenvalue weighted by atomic mass is 16.5. The summed E-state index contributed by atoms with van der Waals surface area (Å²) in [5, 5.41) is 2.76. The number of piperazine rings is 1. The largest absolute Gasteiger partial charge is 0.381 e. The van der Waals surface area contributed by atoms with Crippen molar-refractivity contribution in [2.45, 2.75) is 51.2 Å². The predicted molar refractivity (Wildman–Crippen MR) is 62.4 cm³/mol. The van der Waals surface area contributed by atoms with E-state index >= 15 is 0 Å². The summed E-state index contributed by atoms with van der Waals surface area (Å²) < 4.78 is 5.30. The number of nitrogens with zero attached hydrogens (tertiary/aromatic N) is 1. The van der Waals surface area contributed by atoms with Gasteiger partial charge in [-0.15, -0.1) is 0 Å². The van der Waals surface area contributed by atoms with Crippen molar-refractivity contribution in [1.82, 2.24) is 10.2 Å². The van der Waals surface area contributed by atoms with Crippen LogP contribution in [-0.4, -0.2) is 47.6 Å². The van der Waals surface area contributed by atoms with E-state index in [1.165, 1.54) is 0 Å². The summed E-state index contributed by atoms with van der Waals surface area (Å²) in [5.41, 5.74) is -0.790. The van der Waals surface area contributed by atoms with Gasteiger partial charge in [-0.1, -0.05) is 0 Å². The Balaban J connectivity index is 2.22. The molecule has 1 N–H and O–H groups in total. The zero-order valence-electron chi connectivity index (χ0n) is 10.7. The molecule has 2 amide bonds. The third-order valence-electron chi connectivity index (χ3n) is 3.59. The summed E-state index contributed by atoms with van der Waals surface area (Å²) in [6.07, 6.45) is 1.64. The van der Waals surface area contributed by atoms with E-state index in [-0.39, 0.29) is 23.9 Å². The summed E-state index contributed by atoms with van der Waals surface area (Å²) >= 11 is 0. The first-order valence-corrected chi connectivity index (χ1v) is 6.16. The van der Waals surface area contributed by atoms with Gasteiger partial charge in [0.2, 0.25) is 11.8 Å². The second-order valence-electron chi connectivity index (χ2n) is 5.35. The predicted octanol–water partition coefficient (Wildman–Crippen LogP) is 0.291. The Morgan fingerprint density at radius 2 is 1.88 bits per heavy atom. The lowest BCUT2D eigenvalue weighted by Crippen LogP contribution is -2.69. The number of carbonyl (C=O) groups excluding carboxylic acids is 2. The van der Waals surface area contributed by atoms with Gasteiger partial charge in [0.25, 0.3) is 0 Å². The van der Waals surface area contributed by atoms with Crippen LogP contribution in [0.5, 0.6) is 0 Å². The van der Waals surface area contributed by atoms with Crippen LogP contribution in [0.3, 0.4) is 0 Å². The van der Waals surface area contributed by atoms with E-state index in [0.29, 0.717) is 13.2 Å². The fourth-order valence-electron chi connectivity index (χ4n) is 2.54. The number of carbonyl (C=O) groups is 2. The molecular formula is C12H20N2O3. The number of ether oxygens (including phenoxy) is 1. The van der Waals surface area contributed by atoms with Gasteiger partial charge in [-0.3, -0.25) is 9.59 Å². The lowest BCUT2D eigenvalue weighted by molar-refractivity contribution is -0.157. The van der Waals surface area contributed by atoms with Gasteiger partial charge in [0.1, 0.15) is 11.6 Å². The second kappa shape index (κ2) is 4.29. The first kappa shape index (κ1) is 12.4. The molecule has 0 aromatic rings. The average Bonchev–Trinajstić information content (AvgIpc) is 2.28. The lowest BCUT2D eigenvalue weighted by Gasteiger charge is -2.46. The molecule has 17 heavy (non-hydrogen) atoms. The van der Waals surface area contributed by atoms with Crippen molar-refractivity contribution >= 4 is 11.8 Å². The molecule has 2 aliphatic rings. The van der Waals surface area contributed by atoms with E-state index in [4.69, 9.17) is 4.74 Å². The van der Waals surface area contributed by atoms with Crippen LogP contribution in [0.2, 0.25) is 0 Å². The van der Waals surface area contributed by atoms with Crippen LogP contribution in [0.4, 0.5) is 0 Å². The van der Waals surface area contributed by atoms with Crippen molar-refractivity contribution < 1.29 is 14.3 Å². The van der Waals surface area contributed by atoms with E-state index in [1.807, 2.05) is 0 Å². The molecule has 2 fully saturated rings. The molecule has 0 aliphatic carbocycles. The Bertz CT molecular complexity index is 335. The van der Waals surface area contributed by atoms with Gasteiger partial charge in [0, 0.05) is 19.3 Å². The maximum absolute atomic E-state index is 12.4. The van der Waals surface area contributed by atoms with Gasteiger partial charge in [0.05, 0.1) is 0 Å². The first-order valence-electron chi connectivity index (χ1n) is 6.16. The Labute approximate surface area is 101 Å². The maximum atomic E-state index is 12.4. The van der Waals surface area contributed by atoms with Gasteiger partial charge < -0.3 is 15.0 Å². The molecule has 0 spiro atoms. The van der Waals surface area contributed by atoms with E-state index < -0.39 is 5.54 Å². The van der Waals surface area contributed by atoms with Crippen LogP contribution in [-0.2, 0) is 14.3 Å². The normalized spacial score (nSPS) is 30.3. The zero-order valence-corrected chi connectivity index (χ0v) is 10.7. The highest BCUT2D eigenvalue weighted by molar-refractivity contribution is 5.99. The number of rotatable bonds is 1. The lowest BCUT2D eigenvalue weighted by atomic mass is 9.93. The molecule has 2 heterocycles. The van der Waals surface area contributed by atoms with Crippen LogP contribution in [0.1, 0.15) is 33.6 Å². The molecule has 2 saturated heterocycles. The minimum atomic E-state index is -0.790. The molecule has 0 aromatic carbocycles. The molecule has 2 rings (SSSR count). The van der Waals surface area contributed by atoms with Crippen molar-refractivity contribution in [1.29, 1.82) is 0 Å². The molecular weight excluding hydrogens is 220 g/mol.